The average molecular weight is 558 g/mol. The maximum absolute atomic E-state index is 13.7. The van der Waals surface area contributed by atoms with Gasteiger partial charge in [0, 0.05) is 29.8 Å². The number of hydrogen-bond donors (Lipinski definition) is 4. The third-order valence-corrected chi connectivity index (χ3v) is 6.76. The molecule has 1 aromatic heterocycles. The first kappa shape index (κ1) is 29.4. The Bertz CT molecular complexity index is 1450. The number of aromatic nitrogens is 1. The van der Waals surface area contributed by atoms with Crippen LogP contribution in [0.1, 0.15) is 49.7 Å². The van der Waals surface area contributed by atoms with Crippen LogP contribution >= 0.6 is 0 Å². The maximum atomic E-state index is 13.7. The van der Waals surface area contributed by atoms with Crippen LogP contribution in [0.25, 0.3) is 10.9 Å². The Morgan fingerprint density at radius 1 is 0.927 bits per heavy atom. The van der Waals surface area contributed by atoms with Gasteiger partial charge in [-0.2, -0.15) is 0 Å². The van der Waals surface area contributed by atoms with Gasteiger partial charge >= 0.3 is 0 Å². The SMILES string of the molecule is CC(C)(C)NC(=O)C(=O)[C@H](C[C@@H]1CCNC1=O)NC(=O)[C@H](Cc1ccccc1)NC(=O)c1ccc2ccccc2n1. The largest absolute Gasteiger partial charge is 0.356 e. The molecule has 0 radical (unpaired) electrons. The van der Waals surface area contributed by atoms with E-state index < -0.39 is 47.0 Å². The van der Waals surface area contributed by atoms with E-state index in [1.807, 2.05) is 48.5 Å². The summed E-state index contributed by atoms with van der Waals surface area (Å²) >= 11 is 0. The molecule has 1 fully saturated rings. The first-order valence-electron chi connectivity index (χ1n) is 13.7. The van der Waals surface area contributed by atoms with Crippen molar-refractivity contribution in [1.29, 1.82) is 0 Å². The van der Waals surface area contributed by atoms with Gasteiger partial charge in [0.15, 0.2) is 0 Å². The second-order valence-corrected chi connectivity index (χ2v) is 11.2. The Balaban J connectivity index is 1.58. The zero-order valence-corrected chi connectivity index (χ0v) is 23.4. The molecule has 0 bridgehead atoms. The molecule has 0 spiro atoms. The topological polar surface area (TPSA) is 146 Å². The third kappa shape index (κ3) is 7.97. The molecule has 0 unspecified atom stereocenters. The van der Waals surface area contributed by atoms with Gasteiger partial charge in [0.05, 0.1) is 11.6 Å². The Labute approximate surface area is 238 Å². The van der Waals surface area contributed by atoms with Crippen LogP contribution in [-0.2, 0) is 25.6 Å². The molecule has 4 amide bonds. The fraction of sp³-hybridized carbons (Fsp3) is 0.355. The van der Waals surface area contributed by atoms with E-state index in [0.717, 1.165) is 10.9 Å². The van der Waals surface area contributed by atoms with Crippen LogP contribution in [0.4, 0.5) is 0 Å². The summed E-state index contributed by atoms with van der Waals surface area (Å²) in [6.07, 6.45) is 0.578. The molecule has 4 N–H and O–H groups in total. The van der Waals surface area contributed by atoms with Crippen molar-refractivity contribution < 1.29 is 24.0 Å². The first-order chi connectivity index (χ1) is 19.5. The van der Waals surface area contributed by atoms with E-state index in [9.17, 15) is 24.0 Å². The molecule has 1 aliphatic rings. The highest BCUT2D eigenvalue weighted by Crippen LogP contribution is 2.18. The van der Waals surface area contributed by atoms with E-state index in [2.05, 4.69) is 26.3 Å². The van der Waals surface area contributed by atoms with Crippen LogP contribution in [0.5, 0.6) is 0 Å². The standard InChI is InChI=1S/C31H35N5O5/c1-31(2,3)36-30(41)26(37)24(18-21-15-16-32-27(21)38)34-29(40)25(17-19-9-5-4-6-10-19)35-28(39)23-14-13-20-11-7-8-12-22(20)33-23/h4-14,21,24-25H,15-18H2,1-3H3,(H,32,38)(H,34,40)(H,35,39)(H,36,41)/t21-,24-,25-/m0/s1. The lowest BCUT2D eigenvalue weighted by molar-refractivity contribution is -0.141. The van der Waals surface area contributed by atoms with E-state index >= 15 is 0 Å². The number of pyridine rings is 1. The van der Waals surface area contributed by atoms with Gasteiger partial charge in [0.2, 0.25) is 17.6 Å². The number of ketones is 1. The molecule has 2 heterocycles. The molecule has 10 nitrogen and oxygen atoms in total. The highest BCUT2D eigenvalue weighted by atomic mass is 16.2. The summed E-state index contributed by atoms with van der Waals surface area (Å²) in [6.45, 7) is 5.67. The number of carbonyl (C=O) groups is 5. The lowest BCUT2D eigenvalue weighted by atomic mass is 9.94. The van der Waals surface area contributed by atoms with Gasteiger partial charge in [-0.15, -0.1) is 0 Å². The molecule has 1 aliphatic heterocycles. The normalized spacial score (nSPS) is 16.4. The monoisotopic (exact) mass is 557 g/mol. The highest BCUT2D eigenvalue weighted by molar-refractivity contribution is 6.38. The average Bonchev–Trinajstić information content (AvgIpc) is 3.35. The predicted molar refractivity (Wildman–Crippen MR) is 154 cm³/mol. The van der Waals surface area contributed by atoms with E-state index in [4.69, 9.17) is 0 Å². The summed E-state index contributed by atoms with van der Waals surface area (Å²) < 4.78 is 0. The van der Waals surface area contributed by atoms with Crippen molar-refractivity contribution in [3.63, 3.8) is 0 Å². The summed E-state index contributed by atoms with van der Waals surface area (Å²) in [5, 5.41) is 11.6. The van der Waals surface area contributed by atoms with Crippen molar-refractivity contribution in [3.05, 3.63) is 78.0 Å². The number of nitrogens with one attached hydrogen (secondary N) is 4. The van der Waals surface area contributed by atoms with E-state index in [1.165, 1.54) is 0 Å². The fourth-order valence-corrected chi connectivity index (χ4v) is 4.70. The molecule has 3 atom stereocenters. The molecule has 41 heavy (non-hydrogen) atoms. The summed E-state index contributed by atoms with van der Waals surface area (Å²) in [5.74, 6) is -3.68. The van der Waals surface area contributed by atoms with Crippen LogP contribution in [0.2, 0.25) is 0 Å². The van der Waals surface area contributed by atoms with Crippen LogP contribution in [0.3, 0.4) is 0 Å². The Hall–Kier alpha value is -4.60. The van der Waals surface area contributed by atoms with E-state index in [1.54, 1.807) is 39.0 Å². The summed E-state index contributed by atoms with van der Waals surface area (Å²) in [6, 6.07) is 17.5. The number of para-hydroxylation sites is 1. The van der Waals surface area contributed by atoms with Crippen molar-refractivity contribution in [2.24, 2.45) is 5.92 Å². The van der Waals surface area contributed by atoms with E-state index in [0.29, 0.717) is 18.5 Å². The summed E-state index contributed by atoms with van der Waals surface area (Å²) in [5.41, 5.74) is 0.870. The van der Waals surface area contributed by atoms with Gasteiger partial charge < -0.3 is 21.3 Å². The maximum Gasteiger partial charge on any atom is 0.290 e. The number of nitrogens with zero attached hydrogens (tertiary/aromatic N) is 1. The number of carbonyl (C=O) groups excluding carboxylic acids is 5. The number of Topliss-reactive ketones (excluding diaryl/α,β-unsaturated/α-hetero) is 1. The number of amides is 4. The van der Waals surface area contributed by atoms with Gasteiger partial charge in [-0.3, -0.25) is 24.0 Å². The van der Waals surface area contributed by atoms with Crippen LogP contribution in [0.15, 0.2) is 66.7 Å². The summed E-state index contributed by atoms with van der Waals surface area (Å²) in [7, 11) is 0. The van der Waals surface area contributed by atoms with Crippen LogP contribution in [-0.4, -0.2) is 58.6 Å². The zero-order chi connectivity index (χ0) is 29.6. The van der Waals surface area contributed by atoms with Crippen molar-refractivity contribution in [2.45, 2.75) is 57.7 Å². The van der Waals surface area contributed by atoms with Crippen LogP contribution in [0, 0.1) is 5.92 Å². The second kappa shape index (κ2) is 12.7. The van der Waals surface area contributed by atoms with Crippen molar-refractivity contribution in [2.75, 3.05) is 6.54 Å². The number of fused-ring (bicyclic) bond motifs is 1. The molecular weight excluding hydrogens is 522 g/mol. The van der Waals surface area contributed by atoms with Gasteiger partial charge in [0.25, 0.3) is 11.8 Å². The molecule has 0 aliphatic carbocycles. The molecule has 1 saturated heterocycles. The second-order valence-electron chi connectivity index (χ2n) is 11.2. The van der Waals surface area contributed by atoms with Gasteiger partial charge in [-0.05, 0) is 51.3 Å². The molecule has 10 heteroatoms. The number of benzene rings is 2. The Morgan fingerprint density at radius 2 is 1.63 bits per heavy atom. The fourth-order valence-electron chi connectivity index (χ4n) is 4.70. The minimum Gasteiger partial charge on any atom is -0.356 e. The van der Waals surface area contributed by atoms with Crippen LogP contribution < -0.4 is 21.3 Å². The van der Waals surface area contributed by atoms with Gasteiger partial charge in [-0.25, -0.2) is 4.98 Å². The van der Waals surface area contributed by atoms with Gasteiger partial charge in [0.1, 0.15) is 11.7 Å². The molecule has 4 rings (SSSR count). The van der Waals surface area contributed by atoms with Crippen molar-refractivity contribution >= 4 is 40.3 Å². The van der Waals surface area contributed by atoms with Gasteiger partial charge in [-0.1, -0.05) is 54.6 Å². The highest BCUT2D eigenvalue weighted by Gasteiger charge is 2.36. The zero-order valence-electron chi connectivity index (χ0n) is 23.4. The Morgan fingerprint density at radius 3 is 2.32 bits per heavy atom. The quantitative estimate of drug-likeness (QED) is 0.281. The minimum absolute atomic E-state index is 0.0355. The van der Waals surface area contributed by atoms with Crippen molar-refractivity contribution in [1.82, 2.24) is 26.3 Å². The predicted octanol–water partition coefficient (Wildman–Crippen LogP) is 2.07. The molecule has 3 aromatic rings. The number of rotatable bonds is 10. The minimum atomic E-state index is -1.26. The number of hydrogen-bond acceptors (Lipinski definition) is 6. The third-order valence-electron chi connectivity index (χ3n) is 6.76. The van der Waals surface area contributed by atoms with E-state index in [-0.39, 0.29) is 24.4 Å². The van der Waals surface area contributed by atoms with Crippen molar-refractivity contribution in [3.8, 4) is 0 Å². The molecule has 2 aromatic carbocycles. The lowest BCUT2D eigenvalue weighted by Gasteiger charge is -2.26. The molecule has 0 saturated carbocycles. The lowest BCUT2D eigenvalue weighted by Crippen LogP contribution is -2.56. The molecular formula is C31H35N5O5. The Kier molecular flexibility index (Phi) is 9.11. The smallest absolute Gasteiger partial charge is 0.290 e. The molecule has 214 valence electrons. The first-order valence-corrected chi connectivity index (χ1v) is 13.7. The summed E-state index contributed by atoms with van der Waals surface area (Å²) in [4.78, 5) is 69.7.